The molecular formula is C17H26N3O2+. The van der Waals surface area contributed by atoms with Crippen molar-refractivity contribution in [3.05, 3.63) is 42.1 Å². The summed E-state index contributed by atoms with van der Waals surface area (Å²) in [7, 11) is 3.35. The molecule has 0 spiro atoms. The SMILES string of the molecule is C[NH2+]C(C)CC(=O)OC.Cc1ccc(N2C=CCC=N2)cc1. The first-order valence-electron chi connectivity index (χ1n) is 7.48. The Hall–Kier alpha value is -2.14. The van der Waals surface area contributed by atoms with Gasteiger partial charge in [0, 0.05) is 18.8 Å². The third kappa shape index (κ3) is 6.54. The zero-order chi connectivity index (χ0) is 16.4. The number of aryl methyl sites for hydroxylation is 1. The summed E-state index contributed by atoms with van der Waals surface area (Å²) in [5, 5.41) is 8.11. The highest BCUT2D eigenvalue weighted by molar-refractivity contribution is 5.69. The highest BCUT2D eigenvalue weighted by Crippen LogP contribution is 2.17. The van der Waals surface area contributed by atoms with E-state index in [0.717, 1.165) is 12.1 Å². The van der Waals surface area contributed by atoms with E-state index in [4.69, 9.17) is 0 Å². The maximum Gasteiger partial charge on any atom is 0.311 e. The number of esters is 1. The summed E-state index contributed by atoms with van der Waals surface area (Å²) in [4.78, 5) is 10.5. The molecule has 0 saturated heterocycles. The fraction of sp³-hybridized carbons (Fsp3) is 0.412. The van der Waals surface area contributed by atoms with Gasteiger partial charge in [-0.25, -0.2) is 5.01 Å². The van der Waals surface area contributed by atoms with E-state index in [1.807, 2.05) is 36.7 Å². The van der Waals surface area contributed by atoms with Crippen LogP contribution in [0.2, 0.25) is 0 Å². The highest BCUT2D eigenvalue weighted by atomic mass is 16.5. The van der Waals surface area contributed by atoms with Gasteiger partial charge in [0.1, 0.15) is 0 Å². The minimum absolute atomic E-state index is 0.138. The fourth-order valence-electron chi connectivity index (χ4n) is 1.71. The molecule has 1 heterocycles. The lowest BCUT2D eigenvalue weighted by molar-refractivity contribution is -0.659. The number of hydrogen-bond acceptors (Lipinski definition) is 4. The first-order valence-corrected chi connectivity index (χ1v) is 7.48. The predicted octanol–water partition coefficient (Wildman–Crippen LogP) is 1.84. The Morgan fingerprint density at radius 2 is 2.09 bits per heavy atom. The summed E-state index contributed by atoms with van der Waals surface area (Å²) in [5.74, 6) is -0.138. The van der Waals surface area contributed by atoms with Gasteiger partial charge in [-0.3, -0.25) is 4.79 Å². The van der Waals surface area contributed by atoms with Crippen molar-refractivity contribution >= 4 is 17.9 Å². The molecule has 2 N–H and O–H groups in total. The molecular weight excluding hydrogens is 278 g/mol. The van der Waals surface area contributed by atoms with Crippen LogP contribution in [0.15, 0.2) is 41.6 Å². The second-order valence-corrected chi connectivity index (χ2v) is 5.19. The third-order valence-corrected chi connectivity index (χ3v) is 3.28. The Morgan fingerprint density at radius 1 is 1.41 bits per heavy atom. The number of nitrogens with zero attached hydrogens (tertiary/aromatic N) is 2. The van der Waals surface area contributed by atoms with Crippen molar-refractivity contribution in [3.8, 4) is 0 Å². The first kappa shape index (κ1) is 17.9. The molecule has 1 aromatic rings. The zero-order valence-electron chi connectivity index (χ0n) is 13.8. The minimum atomic E-state index is -0.138. The number of benzene rings is 1. The van der Waals surface area contributed by atoms with Crippen molar-refractivity contribution in [3.63, 3.8) is 0 Å². The smallest absolute Gasteiger partial charge is 0.311 e. The fourth-order valence-corrected chi connectivity index (χ4v) is 1.71. The molecule has 0 aromatic heterocycles. The van der Waals surface area contributed by atoms with Crippen molar-refractivity contribution in [1.82, 2.24) is 0 Å². The Bertz CT molecular complexity index is 497. The molecule has 22 heavy (non-hydrogen) atoms. The van der Waals surface area contributed by atoms with Crippen LogP contribution < -0.4 is 10.3 Å². The number of allylic oxidation sites excluding steroid dienone is 1. The minimum Gasteiger partial charge on any atom is -0.469 e. The number of carbonyl (C=O) groups is 1. The summed E-state index contributed by atoms with van der Waals surface area (Å²) in [6.45, 7) is 4.07. The van der Waals surface area contributed by atoms with E-state index in [-0.39, 0.29) is 5.97 Å². The molecule has 120 valence electrons. The molecule has 5 heteroatoms. The van der Waals surface area contributed by atoms with E-state index in [9.17, 15) is 4.79 Å². The van der Waals surface area contributed by atoms with Crippen LogP contribution in [0.25, 0.3) is 0 Å². The summed E-state index contributed by atoms with van der Waals surface area (Å²) < 4.78 is 4.46. The molecule has 0 radical (unpaired) electrons. The Labute approximate surface area is 132 Å². The van der Waals surface area contributed by atoms with Gasteiger partial charge >= 0.3 is 5.97 Å². The molecule has 1 aliphatic heterocycles. The maximum atomic E-state index is 10.5. The van der Waals surface area contributed by atoms with E-state index < -0.39 is 0 Å². The zero-order valence-corrected chi connectivity index (χ0v) is 13.8. The number of rotatable bonds is 4. The number of quaternary nitrogens is 1. The van der Waals surface area contributed by atoms with Gasteiger partial charge in [-0.15, -0.1) is 0 Å². The number of nitrogens with two attached hydrogens (primary N) is 1. The van der Waals surface area contributed by atoms with Gasteiger partial charge in [-0.2, -0.15) is 5.10 Å². The summed E-state index contributed by atoms with van der Waals surface area (Å²) in [6.07, 6.45) is 7.41. The van der Waals surface area contributed by atoms with Gasteiger partial charge in [-0.1, -0.05) is 23.8 Å². The number of ether oxygens (including phenoxy) is 1. The van der Waals surface area contributed by atoms with E-state index in [2.05, 4.69) is 47.1 Å². The van der Waals surface area contributed by atoms with Crippen LogP contribution in [-0.4, -0.2) is 32.4 Å². The van der Waals surface area contributed by atoms with Crippen LogP contribution in [0, 0.1) is 6.92 Å². The van der Waals surface area contributed by atoms with E-state index in [1.165, 1.54) is 12.7 Å². The lowest BCUT2D eigenvalue weighted by atomic mass is 10.2. The standard InChI is InChI=1S/C11H12N2.C6H13NO2/c1-10-4-6-11(7-5-10)13-9-3-2-8-12-13;1-5(7-2)4-6(8)9-3/h3-9H,2H2,1H3;5,7H,4H2,1-3H3/p+1. The second-order valence-electron chi connectivity index (χ2n) is 5.19. The van der Waals surface area contributed by atoms with E-state index in [1.54, 1.807) is 0 Å². The summed E-state index contributed by atoms with van der Waals surface area (Å²) >= 11 is 0. The number of hydrazone groups is 1. The Kier molecular flexibility index (Phi) is 7.92. The largest absolute Gasteiger partial charge is 0.469 e. The lowest BCUT2D eigenvalue weighted by Gasteiger charge is -2.16. The van der Waals surface area contributed by atoms with Gasteiger partial charge in [0.15, 0.2) is 0 Å². The molecule has 0 fully saturated rings. The Morgan fingerprint density at radius 3 is 2.59 bits per heavy atom. The van der Waals surface area contributed by atoms with E-state index in [0.29, 0.717) is 12.5 Å². The normalized spacial score (nSPS) is 14.1. The topological polar surface area (TPSA) is 58.5 Å². The maximum absolute atomic E-state index is 10.5. The lowest BCUT2D eigenvalue weighted by Crippen LogP contribution is -2.85. The van der Waals surface area contributed by atoms with Gasteiger partial charge in [0.05, 0.1) is 32.3 Å². The Balaban J connectivity index is 0.000000239. The predicted molar refractivity (Wildman–Crippen MR) is 89.9 cm³/mol. The molecule has 1 aliphatic rings. The third-order valence-electron chi connectivity index (χ3n) is 3.28. The van der Waals surface area contributed by atoms with Gasteiger partial charge in [0.25, 0.3) is 0 Å². The first-order chi connectivity index (χ1) is 10.6. The van der Waals surface area contributed by atoms with Crippen LogP contribution in [0.5, 0.6) is 0 Å². The van der Waals surface area contributed by atoms with Gasteiger partial charge in [0.2, 0.25) is 0 Å². The number of carbonyl (C=O) groups excluding carboxylic acids is 1. The molecule has 0 amide bonds. The number of methoxy groups -OCH3 is 1. The van der Waals surface area contributed by atoms with Crippen molar-refractivity contribution < 1.29 is 14.8 Å². The van der Waals surface area contributed by atoms with Crippen LogP contribution in [0.3, 0.4) is 0 Å². The molecule has 0 saturated carbocycles. The van der Waals surface area contributed by atoms with Crippen molar-refractivity contribution in [2.75, 3.05) is 19.2 Å². The highest BCUT2D eigenvalue weighted by Gasteiger charge is 2.08. The monoisotopic (exact) mass is 304 g/mol. The van der Waals surface area contributed by atoms with Crippen LogP contribution >= 0.6 is 0 Å². The van der Waals surface area contributed by atoms with Crippen molar-refractivity contribution in [2.24, 2.45) is 5.10 Å². The molecule has 5 nitrogen and oxygen atoms in total. The average molecular weight is 304 g/mol. The molecule has 1 unspecified atom stereocenters. The van der Waals surface area contributed by atoms with Gasteiger partial charge in [-0.05, 0) is 26.0 Å². The van der Waals surface area contributed by atoms with Crippen molar-refractivity contribution in [1.29, 1.82) is 0 Å². The number of hydrogen-bond donors (Lipinski definition) is 1. The summed E-state index contributed by atoms with van der Waals surface area (Å²) in [5.41, 5.74) is 2.38. The quantitative estimate of drug-likeness (QED) is 0.864. The molecule has 1 aromatic carbocycles. The van der Waals surface area contributed by atoms with Crippen molar-refractivity contribution in [2.45, 2.75) is 32.7 Å². The number of anilines is 1. The molecule has 0 aliphatic carbocycles. The van der Waals surface area contributed by atoms with Crippen LogP contribution in [-0.2, 0) is 9.53 Å². The molecule has 1 atom stereocenters. The van der Waals surface area contributed by atoms with E-state index >= 15 is 0 Å². The van der Waals surface area contributed by atoms with Gasteiger partial charge < -0.3 is 10.1 Å². The molecule has 0 bridgehead atoms. The average Bonchev–Trinajstić information content (AvgIpc) is 2.56. The second kappa shape index (κ2) is 9.73. The van der Waals surface area contributed by atoms with Crippen LogP contribution in [0.1, 0.15) is 25.3 Å². The van der Waals surface area contributed by atoms with Crippen LogP contribution in [0.4, 0.5) is 5.69 Å². The molecule has 2 rings (SSSR count). The summed E-state index contributed by atoms with van der Waals surface area (Å²) in [6, 6.07) is 8.66.